The largest absolute Gasteiger partial charge is 0.409 e. The molecule has 1 unspecified atom stereocenters. The predicted octanol–water partition coefficient (Wildman–Crippen LogP) is 5.93. The first-order chi connectivity index (χ1) is 9.42. The third kappa shape index (κ3) is 4.24. The third-order valence-electron chi connectivity index (χ3n) is 5.41. The number of allylic oxidation sites excluding steroid dienone is 1. The monoisotopic (exact) mass is 306 g/mol. The van der Waals surface area contributed by atoms with E-state index < -0.39 is 8.32 Å². The quantitative estimate of drug-likeness (QED) is 0.355. The lowest BCUT2D eigenvalue weighted by Gasteiger charge is -2.44. The molecule has 0 fully saturated rings. The molecule has 0 saturated carbocycles. The zero-order valence-corrected chi connectivity index (χ0v) is 16.4. The highest BCUT2D eigenvalue weighted by Gasteiger charge is 2.42. The number of hydrogen-bond acceptors (Lipinski definition) is 1. The van der Waals surface area contributed by atoms with Crippen LogP contribution in [0.25, 0.3) is 0 Å². The highest BCUT2D eigenvalue weighted by Crippen LogP contribution is 2.46. The van der Waals surface area contributed by atoms with Crippen LogP contribution in [0.4, 0.5) is 0 Å². The minimum Gasteiger partial charge on any atom is -0.409 e. The van der Waals surface area contributed by atoms with Crippen molar-refractivity contribution in [1.82, 2.24) is 0 Å². The van der Waals surface area contributed by atoms with Crippen molar-refractivity contribution in [2.24, 2.45) is 5.41 Å². The summed E-state index contributed by atoms with van der Waals surface area (Å²) >= 11 is 0. The second kappa shape index (κ2) is 6.30. The first kappa shape index (κ1) is 18.5. The fourth-order valence-corrected chi connectivity index (χ4v) is 4.46. The Kier molecular flexibility index (Phi) is 5.56. The molecule has 1 atom stereocenters. The van der Waals surface area contributed by atoms with Crippen LogP contribution in [-0.2, 0) is 4.43 Å². The molecule has 0 N–H and O–H groups in total. The Morgan fingerprint density at radius 1 is 1.33 bits per heavy atom. The van der Waals surface area contributed by atoms with E-state index in [1.165, 1.54) is 30.4 Å². The van der Waals surface area contributed by atoms with Gasteiger partial charge < -0.3 is 4.43 Å². The molecular weight excluding hydrogens is 272 g/mol. The maximum absolute atomic E-state index is 6.73. The van der Waals surface area contributed by atoms with Gasteiger partial charge in [-0.05, 0) is 55.3 Å². The van der Waals surface area contributed by atoms with Gasteiger partial charge in [0.1, 0.15) is 0 Å². The van der Waals surface area contributed by atoms with Gasteiger partial charge in [-0.15, -0.1) is 12.3 Å². The van der Waals surface area contributed by atoms with Crippen molar-refractivity contribution in [3.8, 4) is 12.3 Å². The molecule has 0 amide bonds. The average molecular weight is 307 g/mol. The first-order valence-electron chi connectivity index (χ1n) is 8.24. The summed E-state index contributed by atoms with van der Waals surface area (Å²) in [6.07, 6.45) is 10.2. The standard InChI is InChI=1S/C19H34OSi/c1-10-12-16(20-21(8,9)18(3,4)5)17-15(2)13-11-14-19(17,6)7/h1,16H,11-14H2,2-9H3. The summed E-state index contributed by atoms with van der Waals surface area (Å²) in [5.41, 5.74) is 3.20. The maximum atomic E-state index is 6.73. The van der Waals surface area contributed by atoms with Crippen LogP contribution in [-0.4, -0.2) is 14.4 Å². The van der Waals surface area contributed by atoms with Gasteiger partial charge >= 0.3 is 0 Å². The first-order valence-corrected chi connectivity index (χ1v) is 11.1. The van der Waals surface area contributed by atoms with E-state index in [-0.39, 0.29) is 16.6 Å². The molecule has 1 aliphatic carbocycles. The molecule has 2 heteroatoms. The van der Waals surface area contributed by atoms with E-state index in [1.807, 2.05) is 0 Å². The molecule has 120 valence electrons. The van der Waals surface area contributed by atoms with Crippen molar-refractivity contribution in [3.63, 3.8) is 0 Å². The fourth-order valence-electron chi connectivity index (χ4n) is 3.20. The molecular formula is C19H34OSi. The highest BCUT2D eigenvalue weighted by atomic mass is 28.4. The lowest BCUT2D eigenvalue weighted by molar-refractivity contribution is 0.177. The summed E-state index contributed by atoms with van der Waals surface area (Å²) < 4.78 is 6.73. The molecule has 1 rings (SSSR count). The Labute approximate surface area is 133 Å². The van der Waals surface area contributed by atoms with E-state index in [4.69, 9.17) is 10.8 Å². The van der Waals surface area contributed by atoms with Crippen LogP contribution in [0.15, 0.2) is 11.1 Å². The topological polar surface area (TPSA) is 9.23 Å². The van der Waals surface area contributed by atoms with Gasteiger partial charge in [0.05, 0.1) is 6.10 Å². The number of rotatable bonds is 4. The third-order valence-corrected chi connectivity index (χ3v) is 9.90. The van der Waals surface area contributed by atoms with Crippen molar-refractivity contribution in [1.29, 1.82) is 0 Å². The van der Waals surface area contributed by atoms with Gasteiger partial charge in [-0.25, -0.2) is 0 Å². The van der Waals surface area contributed by atoms with Crippen LogP contribution in [0.1, 0.15) is 67.2 Å². The van der Waals surface area contributed by atoms with Crippen molar-refractivity contribution >= 4 is 8.32 Å². The molecule has 0 bridgehead atoms. The SMILES string of the molecule is C#CCC(O[Si](C)(C)C(C)(C)C)C1=C(C)CCCC1(C)C. The number of hydrogen-bond donors (Lipinski definition) is 0. The van der Waals surface area contributed by atoms with Gasteiger partial charge in [0.2, 0.25) is 0 Å². The van der Waals surface area contributed by atoms with Gasteiger partial charge in [0, 0.05) is 6.42 Å². The molecule has 0 aliphatic heterocycles. The Morgan fingerprint density at radius 2 is 1.90 bits per heavy atom. The minimum atomic E-state index is -1.81. The van der Waals surface area contributed by atoms with E-state index in [9.17, 15) is 0 Å². The molecule has 0 radical (unpaired) electrons. The molecule has 1 aliphatic rings. The molecule has 0 aromatic rings. The molecule has 0 heterocycles. The van der Waals surface area contributed by atoms with Crippen LogP contribution in [0, 0.1) is 17.8 Å². The van der Waals surface area contributed by atoms with E-state index in [0.29, 0.717) is 6.42 Å². The summed E-state index contributed by atoms with van der Waals surface area (Å²) in [6, 6.07) is 0. The van der Waals surface area contributed by atoms with Crippen LogP contribution in [0.3, 0.4) is 0 Å². The fraction of sp³-hybridized carbons (Fsp3) is 0.789. The van der Waals surface area contributed by atoms with Gasteiger partial charge in [0.15, 0.2) is 8.32 Å². The Morgan fingerprint density at radius 3 is 2.33 bits per heavy atom. The molecule has 1 nitrogen and oxygen atoms in total. The zero-order valence-electron chi connectivity index (χ0n) is 15.4. The van der Waals surface area contributed by atoms with Crippen LogP contribution in [0.5, 0.6) is 0 Å². The van der Waals surface area contributed by atoms with Crippen LogP contribution < -0.4 is 0 Å². The smallest absolute Gasteiger partial charge is 0.192 e. The van der Waals surface area contributed by atoms with Crippen molar-refractivity contribution in [3.05, 3.63) is 11.1 Å². The second-order valence-electron chi connectivity index (χ2n) is 8.71. The minimum absolute atomic E-state index is 0.103. The molecule has 0 saturated heterocycles. The number of terminal acetylenes is 1. The molecule has 21 heavy (non-hydrogen) atoms. The van der Waals surface area contributed by atoms with E-state index in [0.717, 1.165) is 0 Å². The maximum Gasteiger partial charge on any atom is 0.192 e. The van der Waals surface area contributed by atoms with E-state index in [1.54, 1.807) is 0 Å². The predicted molar refractivity (Wildman–Crippen MR) is 95.9 cm³/mol. The molecule has 0 aromatic carbocycles. The lowest BCUT2D eigenvalue weighted by atomic mass is 9.70. The van der Waals surface area contributed by atoms with Crippen molar-refractivity contribution < 1.29 is 4.43 Å². The van der Waals surface area contributed by atoms with Gasteiger partial charge in [-0.1, -0.05) is 40.2 Å². The molecule has 0 spiro atoms. The summed E-state index contributed by atoms with van der Waals surface area (Å²) in [7, 11) is -1.81. The van der Waals surface area contributed by atoms with Crippen LogP contribution >= 0.6 is 0 Å². The van der Waals surface area contributed by atoms with Crippen LogP contribution in [0.2, 0.25) is 18.1 Å². The van der Waals surface area contributed by atoms with Crippen molar-refractivity contribution in [2.45, 2.75) is 91.5 Å². The summed E-state index contributed by atoms with van der Waals surface area (Å²) in [4.78, 5) is 0. The van der Waals surface area contributed by atoms with E-state index >= 15 is 0 Å². The Bertz CT molecular complexity index is 443. The molecule has 0 aromatic heterocycles. The van der Waals surface area contributed by atoms with Gasteiger partial charge in [0.25, 0.3) is 0 Å². The lowest BCUT2D eigenvalue weighted by Crippen LogP contribution is -2.46. The van der Waals surface area contributed by atoms with E-state index in [2.05, 4.69) is 60.6 Å². The summed E-state index contributed by atoms with van der Waals surface area (Å²) in [6.45, 7) is 18.5. The zero-order chi connectivity index (χ0) is 16.5. The van der Waals surface area contributed by atoms with Gasteiger partial charge in [-0.3, -0.25) is 0 Å². The Hall–Kier alpha value is -0.523. The second-order valence-corrected chi connectivity index (χ2v) is 13.5. The van der Waals surface area contributed by atoms with Gasteiger partial charge in [-0.2, -0.15) is 0 Å². The van der Waals surface area contributed by atoms with Crippen molar-refractivity contribution in [2.75, 3.05) is 0 Å². The average Bonchev–Trinajstić information content (AvgIpc) is 2.25. The summed E-state index contributed by atoms with van der Waals surface area (Å²) in [5.74, 6) is 2.86. The summed E-state index contributed by atoms with van der Waals surface area (Å²) in [5, 5.41) is 0.215. The highest BCUT2D eigenvalue weighted by molar-refractivity contribution is 6.74. The Balaban J connectivity index is 3.16. The normalized spacial score (nSPS) is 21.1.